The molecular weight excluding hydrogens is 262 g/mol. The van der Waals surface area contributed by atoms with E-state index >= 15 is 0 Å². The molecular formula is C13H17N3O4. The van der Waals surface area contributed by atoms with Crippen molar-refractivity contribution in [1.82, 2.24) is 5.32 Å². The SMILES string of the molecule is CCNc1cccc(C(=O)NC2CCOC2)c1[N+](=O)[O-]. The third-order valence-electron chi connectivity index (χ3n) is 3.10. The Bertz CT molecular complexity index is 512. The first kappa shape index (κ1) is 14.3. The molecule has 0 saturated carbocycles. The second-order valence-corrected chi connectivity index (χ2v) is 4.52. The van der Waals surface area contributed by atoms with E-state index in [1.807, 2.05) is 6.92 Å². The molecule has 1 aromatic rings. The maximum Gasteiger partial charge on any atom is 0.305 e. The van der Waals surface area contributed by atoms with Crippen molar-refractivity contribution in [2.24, 2.45) is 0 Å². The lowest BCUT2D eigenvalue weighted by Crippen LogP contribution is -2.35. The molecule has 1 aromatic carbocycles. The summed E-state index contributed by atoms with van der Waals surface area (Å²) in [5.74, 6) is -0.438. The fraction of sp³-hybridized carbons (Fsp3) is 0.462. The molecule has 0 spiro atoms. The number of para-hydroxylation sites is 1. The fourth-order valence-corrected chi connectivity index (χ4v) is 2.17. The van der Waals surface area contributed by atoms with E-state index in [1.54, 1.807) is 12.1 Å². The number of hydrogen-bond donors (Lipinski definition) is 2. The van der Waals surface area contributed by atoms with Crippen LogP contribution in [0.25, 0.3) is 0 Å². The van der Waals surface area contributed by atoms with Gasteiger partial charge >= 0.3 is 5.69 Å². The zero-order valence-electron chi connectivity index (χ0n) is 11.2. The van der Waals surface area contributed by atoms with Crippen LogP contribution in [0.1, 0.15) is 23.7 Å². The van der Waals surface area contributed by atoms with Gasteiger partial charge in [0.2, 0.25) is 0 Å². The molecule has 1 fully saturated rings. The summed E-state index contributed by atoms with van der Waals surface area (Å²) in [6.07, 6.45) is 0.729. The Labute approximate surface area is 116 Å². The number of anilines is 1. The Hall–Kier alpha value is -2.15. The molecule has 7 heteroatoms. The predicted molar refractivity (Wildman–Crippen MR) is 74.0 cm³/mol. The van der Waals surface area contributed by atoms with Crippen LogP contribution in [0.4, 0.5) is 11.4 Å². The third-order valence-corrected chi connectivity index (χ3v) is 3.10. The molecule has 0 aliphatic carbocycles. The van der Waals surface area contributed by atoms with E-state index in [2.05, 4.69) is 10.6 Å². The molecule has 20 heavy (non-hydrogen) atoms. The summed E-state index contributed by atoms with van der Waals surface area (Å²) in [4.78, 5) is 22.9. The summed E-state index contributed by atoms with van der Waals surface area (Å²) >= 11 is 0. The van der Waals surface area contributed by atoms with Crippen LogP contribution in [0.15, 0.2) is 18.2 Å². The quantitative estimate of drug-likeness (QED) is 0.630. The molecule has 0 bridgehead atoms. The topological polar surface area (TPSA) is 93.5 Å². The predicted octanol–water partition coefficient (Wildman–Crippen LogP) is 1.55. The lowest BCUT2D eigenvalue weighted by molar-refractivity contribution is -0.384. The van der Waals surface area contributed by atoms with E-state index in [1.165, 1.54) is 6.07 Å². The maximum absolute atomic E-state index is 12.2. The maximum atomic E-state index is 12.2. The number of hydrogen-bond acceptors (Lipinski definition) is 5. The number of ether oxygens (including phenoxy) is 1. The monoisotopic (exact) mass is 279 g/mol. The standard InChI is InChI=1S/C13H17N3O4/c1-2-14-11-5-3-4-10(12(11)16(18)19)13(17)15-9-6-7-20-8-9/h3-5,9,14H,2,6-8H2,1H3,(H,15,17). The van der Waals surface area contributed by atoms with Crippen molar-refractivity contribution in [3.63, 3.8) is 0 Å². The van der Waals surface area contributed by atoms with Crippen LogP contribution in [-0.4, -0.2) is 36.6 Å². The van der Waals surface area contributed by atoms with Gasteiger partial charge in [-0.1, -0.05) is 6.07 Å². The summed E-state index contributed by atoms with van der Waals surface area (Å²) in [5.41, 5.74) is 0.235. The van der Waals surface area contributed by atoms with Gasteiger partial charge in [-0.25, -0.2) is 0 Å². The smallest absolute Gasteiger partial charge is 0.305 e. The van der Waals surface area contributed by atoms with Gasteiger partial charge in [-0.2, -0.15) is 0 Å². The number of rotatable bonds is 5. The minimum atomic E-state index is -0.530. The number of carbonyl (C=O) groups excluding carboxylic acids is 1. The second kappa shape index (κ2) is 6.33. The highest BCUT2D eigenvalue weighted by molar-refractivity contribution is 6.00. The van der Waals surface area contributed by atoms with E-state index in [9.17, 15) is 14.9 Å². The number of nitro benzene ring substituents is 1. The van der Waals surface area contributed by atoms with Crippen LogP contribution in [0.2, 0.25) is 0 Å². The van der Waals surface area contributed by atoms with Gasteiger partial charge in [-0.05, 0) is 25.5 Å². The van der Waals surface area contributed by atoms with Gasteiger partial charge in [0, 0.05) is 13.2 Å². The molecule has 2 N–H and O–H groups in total. The number of benzene rings is 1. The molecule has 1 unspecified atom stereocenters. The molecule has 0 aromatic heterocycles. The highest BCUT2D eigenvalue weighted by Crippen LogP contribution is 2.28. The number of nitrogens with zero attached hydrogens (tertiary/aromatic N) is 1. The molecule has 1 heterocycles. The zero-order chi connectivity index (χ0) is 14.5. The van der Waals surface area contributed by atoms with Crippen molar-refractivity contribution in [1.29, 1.82) is 0 Å². The van der Waals surface area contributed by atoms with Gasteiger partial charge in [-0.15, -0.1) is 0 Å². The Balaban J connectivity index is 2.27. The molecule has 1 aliphatic heterocycles. The van der Waals surface area contributed by atoms with Gasteiger partial charge in [0.15, 0.2) is 0 Å². The number of nitro groups is 1. The van der Waals surface area contributed by atoms with Crippen molar-refractivity contribution < 1.29 is 14.5 Å². The fourth-order valence-electron chi connectivity index (χ4n) is 2.17. The molecule has 1 saturated heterocycles. The molecule has 1 aliphatic rings. The normalized spacial score (nSPS) is 17.8. The van der Waals surface area contributed by atoms with Crippen molar-refractivity contribution in [2.45, 2.75) is 19.4 Å². The molecule has 7 nitrogen and oxygen atoms in total. The number of nitrogens with one attached hydrogen (secondary N) is 2. The Morgan fingerprint density at radius 3 is 2.95 bits per heavy atom. The lowest BCUT2D eigenvalue weighted by Gasteiger charge is -2.12. The molecule has 1 amide bonds. The first-order valence-electron chi connectivity index (χ1n) is 6.53. The largest absolute Gasteiger partial charge is 0.380 e. The van der Waals surface area contributed by atoms with Crippen molar-refractivity contribution in [2.75, 3.05) is 25.1 Å². The summed E-state index contributed by atoms with van der Waals surface area (Å²) in [7, 11) is 0. The zero-order valence-corrected chi connectivity index (χ0v) is 11.2. The average Bonchev–Trinajstić information content (AvgIpc) is 2.91. The second-order valence-electron chi connectivity index (χ2n) is 4.52. The number of carbonyl (C=O) groups is 1. The minimum absolute atomic E-state index is 0.0698. The van der Waals surface area contributed by atoms with E-state index in [0.717, 1.165) is 6.42 Å². The van der Waals surface area contributed by atoms with Crippen LogP contribution >= 0.6 is 0 Å². The Kier molecular flexibility index (Phi) is 4.52. The Morgan fingerprint density at radius 1 is 1.55 bits per heavy atom. The van der Waals surface area contributed by atoms with Crippen LogP contribution in [0.3, 0.4) is 0 Å². The van der Waals surface area contributed by atoms with Gasteiger partial charge < -0.3 is 15.4 Å². The van der Waals surface area contributed by atoms with Gasteiger partial charge in [0.25, 0.3) is 5.91 Å². The summed E-state index contributed by atoms with van der Waals surface area (Å²) < 4.78 is 5.17. The van der Waals surface area contributed by atoms with E-state index < -0.39 is 10.8 Å². The average molecular weight is 279 g/mol. The van der Waals surface area contributed by atoms with Crippen LogP contribution in [0.5, 0.6) is 0 Å². The lowest BCUT2D eigenvalue weighted by atomic mass is 10.1. The number of amides is 1. The first-order chi connectivity index (χ1) is 9.63. The molecule has 108 valence electrons. The molecule has 0 radical (unpaired) electrons. The first-order valence-corrected chi connectivity index (χ1v) is 6.53. The highest BCUT2D eigenvalue weighted by Gasteiger charge is 2.26. The van der Waals surface area contributed by atoms with E-state index in [4.69, 9.17) is 4.74 Å². The third kappa shape index (κ3) is 3.05. The van der Waals surface area contributed by atoms with Crippen molar-refractivity contribution in [3.8, 4) is 0 Å². The van der Waals surface area contributed by atoms with Crippen LogP contribution < -0.4 is 10.6 Å². The van der Waals surface area contributed by atoms with Crippen molar-refractivity contribution in [3.05, 3.63) is 33.9 Å². The summed E-state index contributed by atoms with van der Waals surface area (Å²) in [6, 6.07) is 4.61. The molecule has 2 rings (SSSR count). The van der Waals surface area contributed by atoms with Crippen LogP contribution in [0, 0.1) is 10.1 Å². The van der Waals surface area contributed by atoms with Crippen LogP contribution in [-0.2, 0) is 4.74 Å². The minimum Gasteiger partial charge on any atom is -0.380 e. The van der Waals surface area contributed by atoms with Gasteiger partial charge in [0.1, 0.15) is 11.3 Å². The summed E-state index contributed by atoms with van der Waals surface area (Å²) in [5, 5.41) is 16.9. The summed E-state index contributed by atoms with van der Waals surface area (Å²) in [6.45, 7) is 3.44. The van der Waals surface area contributed by atoms with Gasteiger partial charge in [-0.3, -0.25) is 14.9 Å². The Morgan fingerprint density at radius 2 is 2.35 bits per heavy atom. The molecule has 1 atom stereocenters. The van der Waals surface area contributed by atoms with E-state index in [0.29, 0.717) is 25.4 Å². The van der Waals surface area contributed by atoms with Crippen molar-refractivity contribution >= 4 is 17.3 Å². The van der Waals surface area contributed by atoms with Gasteiger partial charge in [0.05, 0.1) is 17.6 Å². The highest BCUT2D eigenvalue weighted by atomic mass is 16.6. The van der Waals surface area contributed by atoms with E-state index in [-0.39, 0.29) is 17.3 Å².